The van der Waals surface area contributed by atoms with Gasteiger partial charge in [0.1, 0.15) is 17.6 Å². The fourth-order valence-electron chi connectivity index (χ4n) is 8.66. The molecule has 1 unspecified atom stereocenters. The van der Waals surface area contributed by atoms with Crippen molar-refractivity contribution in [3.63, 3.8) is 0 Å². The number of nitrogens with zero attached hydrogens (tertiary/aromatic N) is 4. The van der Waals surface area contributed by atoms with Crippen molar-refractivity contribution >= 4 is 30.0 Å². The van der Waals surface area contributed by atoms with E-state index in [0.717, 1.165) is 93.3 Å². The Hall–Kier alpha value is -5.43. The molecule has 0 spiro atoms. The van der Waals surface area contributed by atoms with E-state index < -0.39 is 23.9 Å². The molecule has 7 rings (SSSR count). The van der Waals surface area contributed by atoms with Gasteiger partial charge in [0.05, 0.1) is 6.20 Å². The molecule has 3 amide bonds. The summed E-state index contributed by atoms with van der Waals surface area (Å²) < 4.78 is 29.4. The Balaban J connectivity index is 0.000000208. The van der Waals surface area contributed by atoms with Crippen molar-refractivity contribution in [2.75, 3.05) is 43.4 Å². The summed E-state index contributed by atoms with van der Waals surface area (Å²) in [6, 6.07) is 22.8. The highest BCUT2D eigenvalue weighted by Crippen LogP contribution is 2.33. The summed E-state index contributed by atoms with van der Waals surface area (Å²) in [5.74, 6) is 0.188. The monoisotopic (exact) mass is 823 g/mol. The van der Waals surface area contributed by atoms with Crippen LogP contribution in [0.25, 0.3) is 22.4 Å². The number of carbonyl (C=O) groups excluding carboxylic acids is 2. The maximum absolute atomic E-state index is 14.9. The SMILES string of the molecule is CCCC(Nc1ccc(C2CCN(CCC3CCN(C(=O)O)CC3)CC2)c(F)c1)C(=O)NC=O.Fc1cnc(NC2CCCCC2)nc1-c1cccc(-c2ccccc2)c1. The van der Waals surface area contributed by atoms with E-state index in [9.17, 15) is 23.2 Å². The lowest BCUT2D eigenvalue weighted by molar-refractivity contribution is -0.125. The molecule has 320 valence electrons. The van der Waals surface area contributed by atoms with Crippen LogP contribution in [-0.2, 0) is 9.59 Å². The minimum atomic E-state index is -0.819. The Morgan fingerprint density at radius 1 is 0.850 bits per heavy atom. The number of imide groups is 1. The van der Waals surface area contributed by atoms with Crippen molar-refractivity contribution in [3.05, 3.63) is 96.2 Å². The van der Waals surface area contributed by atoms with E-state index in [1.807, 2.05) is 73.7 Å². The van der Waals surface area contributed by atoms with Gasteiger partial charge in [-0.15, -0.1) is 0 Å². The third-order valence-corrected chi connectivity index (χ3v) is 12.1. The summed E-state index contributed by atoms with van der Waals surface area (Å²) in [6.07, 6.45) is 12.9. The molecule has 4 N–H and O–H groups in total. The van der Waals surface area contributed by atoms with Gasteiger partial charge in [-0.05, 0) is 118 Å². The molecule has 0 radical (unpaired) electrons. The van der Waals surface area contributed by atoms with E-state index in [1.54, 1.807) is 0 Å². The minimum absolute atomic E-state index is 0.175. The molecule has 3 aromatic carbocycles. The smallest absolute Gasteiger partial charge is 0.407 e. The Kier molecular flexibility index (Phi) is 16.4. The quantitative estimate of drug-likeness (QED) is 0.0917. The predicted octanol–water partition coefficient (Wildman–Crippen LogP) is 9.33. The number of aromatic nitrogens is 2. The predicted molar refractivity (Wildman–Crippen MR) is 232 cm³/mol. The van der Waals surface area contributed by atoms with Gasteiger partial charge < -0.3 is 25.5 Å². The van der Waals surface area contributed by atoms with E-state index in [1.165, 1.54) is 36.4 Å². The molecule has 2 saturated heterocycles. The highest BCUT2D eigenvalue weighted by Gasteiger charge is 2.26. The van der Waals surface area contributed by atoms with Crippen LogP contribution in [0.4, 0.5) is 25.2 Å². The number of carbonyl (C=O) groups is 3. The normalized spacial score (nSPS) is 17.2. The van der Waals surface area contributed by atoms with Crippen molar-refractivity contribution < 1.29 is 28.3 Å². The lowest BCUT2D eigenvalue weighted by Gasteiger charge is -2.35. The van der Waals surface area contributed by atoms with Gasteiger partial charge in [-0.2, -0.15) is 0 Å². The Bertz CT molecular complexity index is 2000. The largest absolute Gasteiger partial charge is 0.465 e. The zero-order valence-electron chi connectivity index (χ0n) is 34.6. The van der Waals surface area contributed by atoms with Crippen LogP contribution in [0, 0.1) is 17.6 Å². The van der Waals surface area contributed by atoms with Gasteiger partial charge in [-0.25, -0.2) is 23.5 Å². The van der Waals surface area contributed by atoms with Crippen molar-refractivity contribution in [1.29, 1.82) is 0 Å². The summed E-state index contributed by atoms with van der Waals surface area (Å²) in [7, 11) is 0. The summed E-state index contributed by atoms with van der Waals surface area (Å²) in [4.78, 5) is 46.2. The summed E-state index contributed by atoms with van der Waals surface area (Å²) in [5.41, 5.74) is 4.50. The molecule has 4 aromatic rings. The average Bonchev–Trinajstić information content (AvgIpc) is 3.27. The molecular weight excluding hydrogens is 765 g/mol. The standard InChI is InChI=1S/C25H37FN4O4.C22H22FN3/c1-2-3-23(24(32)27-17-31)28-20-4-5-21(22(26)16-20)19-9-12-29(13-10-19)11-6-18-7-14-30(15-8-18)25(33)34;23-20-15-24-22(25-19-12-5-2-6-13-19)26-21(20)18-11-7-10-17(14-18)16-8-3-1-4-9-16/h4-5,16-19,23,28H,2-3,6-15H2,1H3,(H,33,34)(H,27,31,32);1,3-4,7-11,14-15,19H,2,5-6,12-13H2,(H,24,25,26). The molecular formula is C47H59F2N7O4. The second-order valence-electron chi connectivity index (χ2n) is 16.3. The number of nitrogens with one attached hydrogen (secondary N) is 3. The van der Waals surface area contributed by atoms with E-state index in [0.29, 0.717) is 55.2 Å². The highest BCUT2D eigenvalue weighted by molar-refractivity contribution is 5.91. The number of benzene rings is 3. The van der Waals surface area contributed by atoms with Gasteiger partial charge in [0.2, 0.25) is 18.3 Å². The van der Waals surface area contributed by atoms with E-state index >= 15 is 0 Å². The van der Waals surface area contributed by atoms with Crippen molar-refractivity contribution in [2.24, 2.45) is 5.92 Å². The first-order valence-corrected chi connectivity index (χ1v) is 21.7. The summed E-state index contributed by atoms with van der Waals surface area (Å²) in [6.45, 7) is 6.09. The highest BCUT2D eigenvalue weighted by atomic mass is 19.1. The van der Waals surface area contributed by atoms with Gasteiger partial charge in [0.25, 0.3) is 0 Å². The maximum Gasteiger partial charge on any atom is 0.407 e. The van der Waals surface area contributed by atoms with Crippen LogP contribution in [0.2, 0.25) is 0 Å². The number of amides is 3. The van der Waals surface area contributed by atoms with E-state index in [-0.39, 0.29) is 11.7 Å². The molecule has 1 saturated carbocycles. The molecule has 1 aliphatic carbocycles. The lowest BCUT2D eigenvalue weighted by Crippen LogP contribution is -2.39. The second-order valence-corrected chi connectivity index (χ2v) is 16.3. The van der Waals surface area contributed by atoms with E-state index in [2.05, 4.69) is 30.8 Å². The van der Waals surface area contributed by atoms with Crippen LogP contribution >= 0.6 is 0 Å². The first-order valence-electron chi connectivity index (χ1n) is 21.7. The topological polar surface area (TPSA) is 140 Å². The molecule has 1 atom stereocenters. The van der Waals surface area contributed by atoms with Crippen LogP contribution < -0.4 is 16.0 Å². The van der Waals surface area contributed by atoms with Gasteiger partial charge in [-0.1, -0.05) is 87.2 Å². The van der Waals surface area contributed by atoms with Gasteiger partial charge in [0, 0.05) is 30.4 Å². The number of piperidine rings is 2. The molecule has 13 heteroatoms. The van der Waals surface area contributed by atoms with Crippen LogP contribution in [-0.4, -0.2) is 88.1 Å². The zero-order valence-corrected chi connectivity index (χ0v) is 34.6. The van der Waals surface area contributed by atoms with Crippen LogP contribution in [0.5, 0.6) is 0 Å². The van der Waals surface area contributed by atoms with E-state index in [4.69, 9.17) is 5.11 Å². The van der Waals surface area contributed by atoms with Crippen LogP contribution in [0.15, 0.2) is 79.0 Å². The lowest BCUT2D eigenvalue weighted by atomic mass is 9.88. The Labute approximate surface area is 352 Å². The third-order valence-electron chi connectivity index (χ3n) is 12.1. The zero-order chi connectivity index (χ0) is 42.3. The molecule has 3 heterocycles. The maximum atomic E-state index is 14.9. The molecule has 1 aromatic heterocycles. The first kappa shape index (κ1) is 44.1. The average molecular weight is 824 g/mol. The second kappa shape index (κ2) is 22.3. The number of halogens is 2. The number of carboxylic acid groups (broad SMARTS) is 1. The number of rotatable bonds is 14. The number of anilines is 2. The number of likely N-dealkylation sites (tertiary alicyclic amines) is 2. The number of hydrogen-bond acceptors (Lipinski definition) is 8. The van der Waals surface area contributed by atoms with Gasteiger partial charge in [-0.3, -0.25) is 14.9 Å². The molecule has 60 heavy (non-hydrogen) atoms. The Morgan fingerprint density at radius 3 is 2.25 bits per heavy atom. The third kappa shape index (κ3) is 12.5. The first-order chi connectivity index (χ1) is 29.2. The number of hydrogen-bond donors (Lipinski definition) is 4. The fourth-order valence-corrected chi connectivity index (χ4v) is 8.66. The summed E-state index contributed by atoms with van der Waals surface area (Å²) in [5, 5.41) is 17.7. The van der Waals surface area contributed by atoms with Gasteiger partial charge in [0.15, 0.2) is 5.82 Å². The molecule has 3 fully saturated rings. The van der Waals surface area contributed by atoms with Crippen LogP contribution in [0.3, 0.4) is 0 Å². The molecule has 0 bridgehead atoms. The molecule has 11 nitrogen and oxygen atoms in total. The Morgan fingerprint density at radius 2 is 1.57 bits per heavy atom. The van der Waals surface area contributed by atoms with Gasteiger partial charge >= 0.3 is 6.09 Å². The fraction of sp³-hybridized carbons (Fsp3) is 0.468. The van der Waals surface area contributed by atoms with Crippen molar-refractivity contribution in [3.8, 4) is 22.4 Å². The van der Waals surface area contributed by atoms with Crippen molar-refractivity contribution in [1.82, 2.24) is 25.1 Å². The van der Waals surface area contributed by atoms with Crippen LogP contribution in [0.1, 0.15) is 95.5 Å². The summed E-state index contributed by atoms with van der Waals surface area (Å²) >= 11 is 0. The molecule has 2 aliphatic heterocycles. The molecule has 3 aliphatic rings. The van der Waals surface area contributed by atoms with Crippen molar-refractivity contribution in [2.45, 2.75) is 102 Å². The minimum Gasteiger partial charge on any atom is -0.465 e.